The molecular weight excluding hydrogens is 390 g/mol. The number of nitrogens with zero attached hydrogens (tertiary/aromatic N) is 3. The van der Waals surface area contributed by atoms with Crippen molar-refractivity contribution in [2.24, 2.45) is 0 Å². The topological polar surface area (TPSA) is 84.6 Å². The Balaban J connectivity index is 1.52. The molecule has 0 unspecified atom stereocenters. The Bertz CT molecular complexity index is 1170. The molecule has 0 saturated carbocycles. The van der Waals surface area contributed by atoms with Crippen LogP contribution in [0.15, 0.2) is 72.8 Å². The van der Waals surface area contributed by atoms with Gasteiger partial charge in [0.1, 0.15) is 5.75 Å². The monoisotopic (exact) mass is 411 g/mol. The second kappa shape index (κ2) is 8.72. The maximum atomic E-state index is 13.3. The highest BCUT2D eigenvalue weighted by atomic mass is 16.3. The van der Waals surface area contributed by atoms with Crippen molar-refractivity contribution in [2.75, 3.05) is 26.2 Å². The van der Waals surface area contributed by atoms with Crippen LogP contribution in [0.5, 0.6) is 5.75 Å². The summed E-state index contributed by atoms with van der Waals surface area (Å²) >= 11 is 0. The van der Waals surface area contributed by atoms with E-state index in [2.05, 4.69) is 6.07 Å². The van der Waals surface area contributed by atoms with E-state index in [4.69, 9.17) is 0 Å². The van der Waals surface area contributed by atoms with E-state index >= 15 is 0 Å². The fourth-order valence-corrected chi connectivity index (χ4v) is 3.83. The van der Waals surface area contributed by atoms with E-state index in [1.807, 2.05) is 30.3 Å². The molecule has 1 aliphatic heterocycles. The third kappa shape index (κ3) is 3.99. The van der Waals surface area contributed by atoms with E-state index in [0.717, 1.165) is 11.1 Å². The summed E-state index contributed by atoms with van der Waals surface area (Å²) in [5.74, 6) is -0.414. The van der Waals surface area contributed by atoms with Crippen LogP contribution in [0, 0.1) is 11.3 Å². The van der Waals surface area contributed by atoms with Gasteiger partial charge >= 0.3 is 0 Å². The Kier molecular flexibility index (Phi) is 5.67. The summed E-state index contributed by atoms with van der Waals surface area (Å²) in [5.41, 5.74) is 2.76. The van der Waals surface area contributed by atoms with Crippen molar-refractivity contribution in [3.8, 4) is 22.9 Å². The first kappa shape index (κ1) is 20.2. The van der Waals surface area contributed by atoms with Gasteiger partial charge in [0.25, 0.3) is 11.8 Å². The Morgan fingerprint density at radius 2 is 1.19 bits per heavy atom. The molecule has 1 fully saturated rings. The van der Waals surface area contributed by atoms with Gasteiger partial charge < -0.3 is 14.9 Å². The van der Waals surface area contributed by atoms with E-state index in [1.54, 1.807) is 46.2 Å². The number of hydrogen-bond donors (Lipinski definition) is 1. The molecule has 6 nitrogen and oxygen atoms in total. The highest BCUT2D eigenvalue weighted by molar-refractivity contribution is 6.02. The first-order chi connectivity index (χ1) is 15.1. The molecule has 1 aliphatic rings. The molecule has 6 heteroatoms. The summed E-state index contributed by atoms with van der Waals surface area (Å²) in [5, 5.41) is 19.4. The molecule has 4 rings (SSSR count). The minimum atomic E-state index is -0.242. The molecule has 0 aromatic heterocycles. The van der Waals surface area contributed by atoms with E-state index in [9.17, 15) is 20.0 Å². The second-order valence-corrected chi connectivity index (χ2v) is 7.30. The van der Waals surface area contributed by atoms with E-state index in [0.29, 0.717) is 37.3 Å². The van der Waals surface area contributed by atoms with Gasteiger partial charge in [-0.1, -0.05) is 48.5 Å². The third-order valence-electron chi connectivity index (χ3n) is 5.48. The van der Waals surface area contributed by atoms with Gasteiger partial charge in [0, 0.05) is 37.3 Å². The number of piperazine rings is 1. The highest BCUT2D eigenvalue weighted by Gasteiger charge is 2.27. The third-order valence-corrected chi connectivity index (χ3v) is 5.48. The largest absolute Gasteiger partial charge is 0.507 e. The van der Waals surface area contributed by atoms with Gasteiger partial charge in [0.2, 0.25) is 0 Å². The fraction of sp³-hybridized carbons (Fsp3) is 0.160. The lowest BCUT2D eigenvalue weighted by Gasteiger charge is -2.35. The molecule has 31 heavy (non-hydrogen) atoms. The van der Waals surface area contributed by atoms with Crippen LogP contribution in [0.25, 0.3) is 11.1 Å². The number of hydrogen-bond acceptors (Lipinski definition) is 4. The minimum Gasteiger partial charge on any atom is -0.507 e. The van der Waals surface area contributed by atoms with Gasteiger partial charge in [0.05, 0.1) is 17.2 Å². The molecular formula is C25H21N3O3. The van der Waals surface area contributed by atoms with Crippen LogP contribution in [0.4, 0.5) is 0 Å². The van der Waals surface area contributed by atoms with Gasteiger partial charge in [-0.15, -0.1) is 0 Å². The summed E-state index contributed by atoms with van der Waals surface area (Å²) in [6.45, 7) is 1.56. The van der Waals surface area contributed by atoms with Crippen molar-refractivity contribution < 1.29 is 14.7 Å². The van der Waals surface area contributed by atoms with Gasteiger partial charge in [-0.25, -0.2) is 0 Å². The van der Waals surface area contributed by atoms with Crippen molar-refractivity contribution in [3.63, 3.8) is 0 Å². The van der Waals surface area contributed by atoms with Crippen LogP contribution in [-0.4, -0.2) is 52.9 Å². The van der Waals surface area contributed by atoms with Gasteiger partial charge in [-0.2, -0.15) is 5.26 Å². The lowest BCUT2D eigenvalue weighted by atomic mass is 9.95. The Hall–Kier alpha value is -4.11. The number of phenols is 1. The molecule has 0 atom stereocenters. The Morgan fingerprint density at radius 3 is 1.81 bits per heavy atom. The molecule has 0 bridgehead atoms. The number of phenolic OH excluding ortho intramolecular Hbond substituents is 1. The number of benzene rings is 3. The standard InChI is InChI=1S/C25H21N3O3/c26-17-18-7-1-2-8-19(18)20-9-3-4-10-21(20)24(30)27-13-15-28(16-14-27)25(31)22-11-5-6-12-23(22)29/h1-12,29H,13-16H2. The van der Waals surface area contributed by atoms with Crippen molar-refractivity contribution in [1.29, 1.82) is 5.26 Å². The smallest absolute Gasteiger partial charge is 0.257 e. The lowest BCUT2D eigenvalue weighted by molar-refractivity contribution is 0.0534. The summed E-state index contributed by atoms with van der Waals surface area (Å²) in [7, 11) is 0. The summed E-state index contributed by atoms with van der Waals surface area (Å²) < 4.78 is 0. The maximum absolute atomic E-state index is 13.3. The first-order valence-corrected chi connectivity index (χ1v) is 10.0. The molecule has 3 aromatic rings. The summed E-state index contributed by atoms with van der Waals surface area (Å²) in [6, 6.07) is 23.2. The molecule has 3 aromatic carbocycles. The lowest BCUT2D eigenvalue weighted by Crippen LogP contribution is -2.50. The number of amides is 2. The second-order valence-electron chi connectivity index (χ2n) is 7.30. The molecule has 1 N–H and O–H groups in total. The van der Waals surface area contributed by atoms with Crippen molar-refractivity contribution >= 4 is 11.8 Å². The van der Waals surface area contributed by atoms with Crippen molar-refractivity contribution in [2.45, 2.75) is 0 Å². The van der Waals surface area contributed by atoms with Crippen LogP contribution >= 0.6 is 0 Å². The maximum Gasteiger partial charge on any atom is 0.257 e. The van der Waals surface area contributed by atoms with E-state index in [-0.39, 0.29) is 23.1 Å². The first-order valence-electron chi connectivity index (χ1n) is 10.0. The zero-order chi connectivity index (χ0) is 21.8. The quantitative estimate of drug-likeness (QED) is 0.715. The Morgan fingerprint density at radius 1 is 0.710 bits per heavy atom. The molecule has 0 aliphatic carbocycles. The molecule has 0 radical (unpaired) electrons. The normalized spacial score (nSPS) is 13.5. The average Bonchev–Trinajstić information content (AvgIpc) is 2.83. The van der Waals surface area contributed by atoms with Crippen LogP contribution in [-0.2, 0) is 0 Å². The number of carbonyl (C=O) groups excluding carboxylic acids is 2. The van der Waals surface area contributed by atoms with Crippen LogP contribution in [0.2, 0.25) is 0 Å². The highest BCUT2D eigenvalue weighted by Crippen LogP contribution is 2.28. The SMILES string of the molecule is N#Cc1ccccc1-c1ccccc1C(=O)N1CCN(C(=O)c2ccccc2O)CC1. The van der Waals surface area contributed by atoms with Crippen molar-refractivity contribution in [1.82, 2.24) is 9.80 Å². The van der Waals surface area contributed by atoms with Crippen LogP contribution in [0.3, 0.4) is 0 Å². The number of para-hydroxylation sites is 1. The van der Waals surface area contributed by atoms with E-state index < -0.39 is 0 Å². The number of rotatable bonds is 3. The van der Waals surface area contributed by atoms with Crippen LogP contribution < -0.4 is 0 Å². The summed E-state index contributed by atoms with van der Waals surface area (Å²) in [6.07, 6.45) is 0. The van der Waals surface area contributed by atoms with Gasteiger partial charge in [0.15, 0.2) is 0 Å². The number of aromatic hydroxyl groups is 1. The summed E-state index contributed by atoms with van der Waals surface area (Å²) in [4.78, 5) is 29.4. The van der Waals surface area contributed by atoms with Gasteiger partial charge in [-0.3, -0.25) is 9.59 Å². The number of nitriles is 1. The van der Waals surface area contributed by atoms with E-state index in [1.165, 1.54) is 6.07 Å². The number of carbonyl (C=O) groups is 2. The molecule has 154 valence electrons. The molecule has 1 saturated heterocycles. The Labute approximate surface area is 180 Å². The molecule has 2 amide bonds. The van der Waals surface area contributed by atoms with Gasteiger partial charge in [-0.05, 0) is 29.8 Å². The predicted molar refractivity (Wildman–Crippen MR) is 117 cm³/mol. The van der Waals surface area contributed by atoms with Crippen LogP contribution in [0.1, 0.15) is 26.3 Å². The average molecular weight is 411 g/mol. The predicted octanol–water partition coefficient (Wildman–Crippen LogP) is 3.53. The van der Waals surface area contributed by atoms with Crippen molar-refractivity contribution in [3.05, 3.63) is 89.5 Å². The zero-order valence-electron chi connectivity index (χ0n) is 16.9. The molecule has 1 heterocycles. The zero-order valence-corrected chi connectivity index (χ0v) is 16.9. The molecule has 0 spiro atoms. The fourth-order valence-electron chi connectivity index (χ4n) is 3.83. The minimum absolute atomic E-state index is 0.0453.